The number of likely N-dealkylation sites (N-methyl/N-ethyl adjacent to an activating group) is 1. The van der Waals surface area contributed by atoms with Crippen LogP contribution in [0.2, 0.25) is 5.02 Å². The van der Waals surface area contributed by atoms with Crippen LogP contribution in [0.1, 0.15) is 54.3 Å². The smallest absolute Gasteiger partial charge is 0.363 e. The SMILES string of the molecule is CC[NH+]1CCCC1CNC(=O)c1cc2n(n1)C(C(F)(F)F)CC(c1ccc(Cl)cc1)N2. The number of anilines is 1. The Bertz CT molecular complexity index is 930. The molecule has 1 aromatic carbocycles. The number of halogens is 4. The molecule has 2 aromatic rings. The summed E-state index contributed by atoms with van der Waals surface area (Å²) in [5, 5.41) is 10.5. The fraction of sp³-hybridized carbons (Fsp3) is 0.524. The molecule has 4 atom stereocenters. The first kappa shape index (κ1) is 22.0. The van der Waals surface area contributed by atoms with Gasteiger partial charge in [-0.05, 0) is 24.6 Å². The highest BCUT2D eigenvalue weighted by atomic mass is 35.5. The molecule has 0 bridgehead atoms. The van der Waals surface area contributed by atoms with Gasteiger partial charge >= 0.3 is 6.18 Å². The number of nitrogens with zero attached hydrogens (tertiary/aromatic N) is 2. The van der Waals surface area contributed by atoms with Gasteiger partial charge in [0.1, 0.15) is 11.9 Å². The number of benzene rings is 1. The first-order chi connectivity index (χ1) is 14.8. The van der Waals surface area contributed by atoms with Crippen molar-refractivity contribution in [3.63, 3.8) is 0 Å². The number of hydrogen-bond donors (Lipinski definition) is 3. The Balaban J connectivity index is 1.53. The molecule has 0 aliphatic carbocycles. The summed E-state index contributed by atoms with van der Waals surface area (Å²) in [7, 11) is 0. The lowest BCUT2D eigenvalue weighted by Crippen LogP contribution is -3.14. The van der Waals surface area contributed by atoms with Crippen LogP contribution in [0, 0.1) is 0 Å². The van der Waals surface area contributed by atoms with Gasteiger partial charge in [0.2, 0.25) is 0 Å². The first-order valence-corrected chi connectivity index (χ1v) is 10.9. The fourth-order valence-corrected chi connectivity index (χ4v) is 4.73. The van der Waals surface area contributed by atoms with Gasteiger partial charge in [-0.25, -0.2) is 4.68 Å². The Morgan fingerprint density at radius 2 is 2.10 bits per heavy atom. The summed E-state index contributed by atoms with van der Waals surface area (Å²) in [5.41, 5.74) is 0.686. The van der Waals surface area contributed by atoms with Crippen LogP contribution < -0.4 is 15.5 Å². The molecule has 3 N–H and O–H groups in total. The summed E-state index contributed by atoms with van der Waals surface area (Å²) in [4.78, 5) is 14.1. The number of aromatic nitrogens is 2. The second kappa shape index (κ2) is 8.70. The number of carbonyl (C=O) groups excluding carboxylic acids is 1. The van der Waals surface area contributed by atoms with Crippen molar-refractivity contribution in [3.05, 3.63) is 46.6 Å². The van der Waals surface area contributed by atoms with Gasteiger partial charge in [0.25, 0.3) is 5.91 Å². The van der Waals surface area contributed by atoms with E-state index in [4.69, 9.17) is 11.6 Å². The largest absolute Gasteiger partial charge is 0.410 e. The lowest BCUT2D eigenvalue weighted by Gasteiger charge is -2.33. The van der Waals surface area contributed by atoms with Crippen molar-refractivity contribution in [3.8, 4) is 0 Å². The Labute approximate surface area is 183 Å². The van der Waals surface area contributed by atoms with E-state index in [0.717, 1.165) is 30.6 Å². The number of rotatable bonds is 5. The molecule has 3 heterocycles. The number of hydrogen-bond acceptors (Lipinski definition) is 3. The maximum atomic E-state index is 13.8. The standard InChI is InChI=1S/C21H25ClF3N5O/c1-2-29-9-3-4-15(29)12-26-20(31)17-11-19-27-16(13-5-7-14(22)8-6-13)10-18(21(23,24)25)30(19)28-17/h5-8,11,15-16,18,27H,2-4,9-10,12H2,1H3,(H,26,31)/p+1. The summed E-state index contributed by atoms with van der Waals surface area (Å²) in [6.45, 7) is 4.67. The lowest BCUT2D eigenvalue weighted by atomic mass is 9.97. The number of likely N-dealkylation sites (tertiary alicyclic amines) is 1. The van der Waals surface area contributed by atoms with Gasteiger partial charge in [-0.1, -0.05) is 23.7 Å². The molecule has 6 nitrogen and oxygen atoms in total. The summed E-state index contributed by atoms with van der Waals surface area (Å²) in [6.07, 6.45) is -2.57. The van der Waals surface area contributed by atoms with Crippen LogP contribution >= 0.6 is 11.6 Å². The predicted molar refractivity (Wildman–Crippen MR) is 111 cm³/mol. The number of fused-ring (bicyclic) bond motifs is 1. The zero-order chi connectivity index (χ0) is 22.2. The van der Waals surface area contributed by atoms with Crippen LogP contribution in [-0.2, 0) is 0 Å². The molecule has 0 radical (unpaired) electrons. The number of carbonyl (C=O) groups is 1. The van der Waals surface area contributed by atoms with Gasteiger partial charge in [-0.3, -0.25) is 4.79 Å². The number of nitrogens with one attached hydrogen (secondary N) is 3. The molecule has 2 aliphatic heterocycles. The molecule has 1 saturated heterocycles. The normalized spacial score (nSPS) is 25.7. The third-order valence-corrected chi connectivity index (χ3v) is 6.54. The van der Waals surface area contributed by atoms with Gasteiger partial charge in [-0.2, -0.15) is 18.3 Å². The van der Waals surface area contributed by atoms with Gasteiger partial charge < -0.3 is 15.5 Å². The maximum Gasteiger partial charge on any atom is 0.410 e. The minimum atomic E-state index is -4.49. The molecule has 10 heteroatoms. The van der Waals surface area contributed by atoms with Gasteiger partial charge in [0.15, 0.2) is 11.7 Å². The Kier molecular flexibility index (Phi) is 6.16. The molecule has 1 fully saturated rings. The van der Waals surface area contributed by atoms with Crippen LogP contribution in [-0.4, -0.2) is 47.5 Å². The van der Waals surface area contributed by atoms with Crippen molar-refractivity contribution in [2.45, 2.75) is 50.5 Å². The van der Waals surface area contributed by atoms with E-state index in [1.165, 1.54) is 11.0 Å². The molecule has 168 valence electrons. The maximum absolute atomic E-state index is 13.8. The summed E-state index contributed by atoms with van der Waals surface area (Å²) < 4.78 is 42.3. The van der Waals surface area contributed by atoms with Gasteiger partial charge in [0, 0.05) is 30.4 Å². The molecule has 31 heavy (non-hydrogen) atoms. The first-order valence-electron chi connectivity index (χ1n) is 10.6. The highest BCUT2D eigenvalue weighted by Gasteiger charge is 2.46. The van der Waals surface area contributed by atoms with E-state index < -0.39 is 24.2 Å². The van der Waals surface area contributed by atoms with Crippen LogP contribution in [0.5, 0.6) is 0 Å². The van der Waals surface area contributed by atoms with E-state index in [0.29, 0.717) is 23.2 Å². The van der Waals surface area contributed by atoms with Crippen molar-refractivity contribution in [2.75, 3.05) is 25.0 Å². The van der Waals surface area contributed by atoms with Crippen molar-refractivity contribution in [1.29, 1.82) is 0 Å². The van der Waals surface area contributed by atoms with Crippen molar-refractivity contribution in [2.24, 2.45) is 0 Å². The molecular formula is C21H26ClF3N5O+. The van der Waals surface area contributed by atoms with E-state index in [9.17, 15) is 18.0 Å². The monoisotopic (exact) mass is 456 g/mol. The third-order valence-electron chi connectivity index (χ3n) is 6.29. The molecule has 2 aliphatic rings. The molecule has 1 amide bonds. The van der Waals surface area contributed by atoms with Crippen LogP contribution in [0.25, 0.3) is 0 Å². The van der Waals surface area contributed by atoms with E-state index in [1.807, 2.05) is 0 Å². The van der Waals surface area contributed by atoms with Gasteiger partial charge in [-0.15, -0.1) is 0 Å². The van der Waals surface area contributed by atoms with Gasteiger partial charge in [0.05, 0.1) is 25.7 Å². The Morgan fingerprint density at radius 1 is 1.35 bits per heavy atom. The summed E-state index contributed by atoms with van der Waals surface area (Å²) in [6, 6.07) is 6.06. The molecule has 4 unspecified atom stereocenters. The molecular weight excluding hydrogens is 431 g/mol. The quantitative estimate of drug-likeness (QED) is 0.648. The topological polar surface area (TPSA) is 63.4 Å². The van der Waals surface area contributed by atoms with Crippen LogP contribution in [0.4, 0.5) is 19.0 Å². The second-order valence-electron chi connectivity index (χ2n) is 8.21. The lowest BCUT2D eigenvalue weighted by molar-refractivity contribution is -0.909. The summed E-state index contributed by atoms with van der Waals surface area (Å²) in [5.74, 6) is -0.268. The molecule has 0 saturated carbocycles. The number of quaternary nitrogens is 1. The molecule has 0 spiro atoms. The summed E-state index contributed by atoms with van der Waals surface area (Å²) >= 11 is 5.91. The minimum absolute atomic E-state index is 0.00967. The fourth-order valence-electron chi connectivity index (χ4n) is 4.60. The molecule has 1 aromatic heterocycles. The highest BCUT2D eigenvalue weighted by molar-refractivity contribution is 6.30. The second-order valence-corrected chi connectivity index (χ2v) is 8.65. The Morgan fingerprint density at radius 3 is 2.77 bits per heavy atom. The average Bonchev–Trinajstić information content (AvgIpc) is 3.37. The van der Waals surface area contributed by atoms with E-state index in [1.54, 1.807) is 24.3 Å². The zero-order valence-electron chi connectivity index (χ0n) is 17.2. The Hall–Kier alpha value is -2.26. The third kappa shape index (κ3) is 4.67. The van der Waals surface area contributed by atoms with E-state index >= 15 is 0 Å². The van der Waals surface area contributed by atoms with Crippen LogP contribution in [0.15, 0.2) is 30.3 Å². The highest BCUT2D eigenvalue weighted by Crippen LogP contribution is 2.43. The van der Waals surface area contributed by atoms with E-state index in [2.05, 4.69) is 22.7 Å². The van der Waals surface area contributed by atoms with Crippen LogP contribution in [0.3, 0.4) is 0 Å². The predicted octanol–water partition coefficient (Wildman–Crippen LogP) is 2.99. The number of amides is 1. The van der Waals surface area contributed by atoms with Crippen molar-refractivity contribution < 1.29 is 22.9 Å². The minimum Gasteiger partial charge on any atom is -0.363 e. The number of alkyl halides is 3. The zero-order valence-corrected chi connectivity index (χ0v) is 17.9. The molecule has 4 rings (SSSR count). The van der Waals surface area contributed by atoms with E-state index in [-0.39, 0.29) is 17.9 Å². The van der Waals surface area contributed by atoms with Crippen molar-refractivity contribution in [1.82, 2.24) is 15.1 Å². The average molecular weight is 457 g/mol. The van der Waals surface area contributed by atoms with Crippen molar-refractivity contribution >= 4 is 23.3 Å².